The van der Waals surface area contributed by atoms with E-state index in [9.17, 15) is 13.2 Å². The van der Waals surface area contributed by atoms with Crippen LogP contribution in [0.3, 0.4) is 0 Å². The van der Waals surface area contributed by atoms with Gasteiger partial charge in [0.1, 0.15) is 15.6 Å². The molecule has 0 radical (unpaired) electrons. The first-order valence-electron chi connectivity index (χ1n) is 5.74. The number of rotatable bonds is 9. The van der Waals surface area contributed by atoms with Crippen molar-refractivity contribution in [2.75, 3.05) is 11.5 Å². The molecule has 0 unspecified atom stereocenters. The van der Waals surface area contributed by atoms with Crippen LogP contribution in [0.5, 0.6) is 0 Å². The number of sulfone groups is 1. The molecule has 90 valence electrons. The second-order valence-corrected chi connectivity index (χ2v) is 6.31. The first-order valence-corrected chi connectivity index (χ1v) is 7.56. The van der Waals surface area contributed by atoms with Crippen LogP contribution < -0.4 is 0 Å². The van der Waals surface area contributed by atoms with Crippen molar-refractivity contribution < 1.29 is 13.2 Å². The van der Waals surface area contributed by atoms with E-state index in [1.54, 1.807) is 6.92 Å². The third-order valence-corrected chi connectivity index (χ3v) is 4.20. The number of unbranched alkanes of at least 4 members (excludes halogenated alkanes) is 2. The van der Waals surface area contributed by atoms with E-state index in [1.165, 1.54) is 0 Å². The smallest absolute Gasteiger partial charge is 0.150 e. The number of hydrogen-bond donors (Lipinski definition) is 0. The van der Waals surface area contributed by atoms with E-state index in [2.05, 4.69) is 6.92 Å². The van der Waals surface area contributed by atoms with Gasteiger partial charge in [-0.3, -0.25) is 4.79 Å². The molecule has 3 nitrogen and oxygen atoms in total. The van der Waals surface area contributed by atoms with Crippen LogP contribution in [0.4, 0.5) is 0 Å². The van der Waals surface area contributed by atoms with Gasteiger partial charge in [-0.1, -0.05) is 26.7 Å². The van der Waals surface area contributed by atoms with Crippen molar-refractivity contribution in [3.8, 4) is 0 Å². The van der Waals surface area contributed by atoms with E-state index >= 15 is 0 Å². The van der Waals surface area contributed by atoms with E-state index < -0.39 is 9.84 Å². The summed E-state index contributed by atoms with van der Waals surface area (Å²) < 4.78 is 22.3. The lowest BCUT2D eigenvalue weighted by Gasteiger charge is -2.01. The van der Waals surface area contributed by atoms with Crippen molar-refractivity contribution in [3.63, 3.8) is 0 Å². The standard InChI is InChI=1S/C11H22O3S/c1-3-5-6-8-11(12)9-7-10-15(13,14)4-2/h3-10H2,1-2H3. The van der Waals surface area contributed by atoms with Crippen molar-refractivity contribution in [2.24, 2.45) is 0 Å². The predicted molar refractivity (Wildman–Crippen MR) is 62.7 cm³/mol. The minimum atomic E-state index is -2.89. The lowest BCUT2D eigenvalue weighted by atomic mass is 10.1. The molecular weight excluding hydrogens is 212 g/mol. The van der Waals surface area contributed by atoms with Crippen LogP contribution in [0.2, 0.25) is 0 Å². The second kappa shape index (κ2) is 7.85. The summed E-state index contributed by atoms with van der Waals surface area (Å²) in [6, 6.07) is 0. The molecule has 0 aromatic carbocycles. The minimum Gasteiger partial charge on any atom is -0.300 e. The summed E-state index contributed by atoms with van der Waals surface area (Å²) in [4.78, 5) is 11.3. The Labute approximate surface area is 93.2 Å². The molecule has 0 aliphatic carbocycles. The van der Waals surface area contributed by atoms with Crippen LogP contribution in [-0.4, -0.2) is 25.7 Å². The Bertz CT molecular complexity index is 268. The van der Waals surface area contributed by atoms with Crippen LogP contribution >= 0.6 is 0 Å². The molecule has 0 aromatic heterocycles. The van der Waals surface area contributed by atoms with Gasteiger partial charge in [0.2, 0.25) is 0 Å². The Morgan fingerprint density at radius 2 is 1.60 bits per heavy atom. The molecule has 15 heavy (non-hydrogen) atoms. The molecule has 0 fully saturated rings. The molecule has 0 aliphatic rings. The van der Waals surface area contributed by atoms with Crippen molar-refractivity contribution in [1.82, 2.24) is 0 Å². The number of ketones is 1. The highest BCUT2D eigenvalue weighted by Crippen LogP contribution is 2.05. The molecule has 0 bridgehead atoms. The molecule has 0 rings (SSSR count). The molecule has 0 aromatic rings. The van der Waals surface area contributed by atoms with Gasteiger partial charge < -0.3 is 0 Å². The summed E-state index contributed by atoms with van der Waals surface area (Å²) in [5.74, 6) is 0.537. The monoisotopic (exact) mass is 234 g/mol. The summed E-state index contributed by atoms with van der Waals surface area (Å²) in [5, 5.41) is 0. The molecule has 0 atom stereocenters. The van der Waals surface area contributed by atoms with Gasteiger partial charge in [0.25, 0.3) is 0 Å². The number of hydrogen-bond acceptors (Lipinski definition) is 3. The third-order valence-electron chi connectivity index (χ3n) is 2.41. The molecule has 0 spiro atoms. The zero-order chi connectivity index (χ0) is 11.7. The SMILES string of the molecule is CCCCCC(=O)CCCS(=O)(=O)CC. The van der Waals surface area contributed by atoms with Crippen molar-refractivity contribution >= 4 is 15.6 Å². The van der Waals surface area contributed by atoms with Gasteiger partial charge in [0, 0.05) is 18.6 Å². The van der Waals surface area contributed by atoms with Crippen LogP contribution in [-0.2, 0) is 14.6 Å². The zero-order valence-corrected chi connectivity index (χ0v) is 10.6. The highest BCUT2D eigenvalue weighted by atomic mass is 32.2. The normalized spacial score (nSPS) is 11.6. The maximum Gasteiger partial charge on any atom is 0.150 e. The predicted octanol–water partition coefficient (Wildman–Crippen LogP) is 2.35. The largest absolute Gasteiger partial charge is 0.300 e. The van der Waals surface area contributed by atoms with Crippen molar-refractivity contribution in [2.45, 2.75) is 52.4 Å². The lowest BCUT2D eigenvalue weighted by Crippen LogP contribution is -2.10. The van der Waals surface area contributed by atoms with Gasteiger partial charge in [0.15, 0.2) is 0 Å². The molecule has 4 heteroatoms. The maximum atomic E-state index is 11.3. The topological polar surface area (TPSA) is 51.2 Å². The minimum absolute atomic E-state index is 0.156. The average Bonchev–Trinajstić information content (AvgIpc) is 2.18. The van der Waals surface area contributed by atoms with Crippen LogP contribution in [0.25, 0.3) is 0 Å². The summed E-state index contributed by atoms with van der Waals surface area (Å²) in [5.41, 5.74) is 0. The van der Waals surface area contributed by atoms with Gasteiger partial charge in [-0.05, 0) is 12.8 Å². The Kier molecular flexibility index (Phi) is 7.65. The lowest BCUT2D eigenvalue weighted by molar-refractivity contribution is -0.119. The molecular formula is C11H22O3S. The first kappa shape index (κ1) is 14.6. The summed E-state index contributed by atoms with van der Waals surface area (Å²) >= 11 is 0. The van der Waals surface area contributed by atoms with E-state index in [1.807, 2.05) is 0 Å². The van der Waals surface area contributed by atoms with E-state index in [0.29, 0.717) is 19.3 Å². The van der Waals surface area contributed by atoms with Gasteiger partial charge in [-0.15, -0.1) is 0 Å². The van der Waals surface area contributed by atoms with Crippen LogP contribution in [0, 0.1) is 0 Å². The number of Topliss-reactive ketones (excluding diaryl/α,β-unsaturated/α-hetero) is 1. The maximum absolute atomic E-state index is 11.3. The Morgan fingerprint density at radius 3 is 2.13 bits per heavy atom. The van der Waals surface area contributed by atoms with E-state index in [0.717, 1.165) is 19.3 Å². The Hall–Kier alpha value is -0.380. The fourth-order valence-electron chi connectivity index (χ4n) is 1.33. The van der Waals surface area contributed by atoms with Gasteiger partial charge >= 0.3 is 0 Å². The molecule has 0 heterocycles. The average molecular weight is 234 g/mol. The Morgan fingerprint density at radius 1 is 1.00 bits per heavy atom. The third kappa shape index (κ3) is 8.60. The quantitative estimate of drug-likeness (QED) is 0.575. The number of carbonyl (C=O) groups excluding carboxylic acids is 1. The molecule has 0 saturated carbocycles. The molecule has 0 N–H and O–H groups in total. The Balaban J connectivity index is 3.55. The molecule has 0 saturated heterocycles. The second-order valence-electron chi connectivity index (χ2n) is 3.84. The summed E-state index contributed by atoms with van der Waals surface area (Å²) in [7, 11) is -2.89. The van der Waals surface area contributed by atoms with Crippen LogP contribution in [0.1, 0.15) is 52.4 Å². The highest BCUT2D eigenvalue weighted by molar-refractivity contribution is 7.91. The van der Waals surface area contributed by atoms with Gasteiger partial charge in [0.05, 0.1) is 5.75 Å². The van der Waals surface area contributed by atoms with Gasteiger partial charge in [-0.2, -0.15) is 0 Å². The van der Waals surface area contributed by atoms with E-state index in [4.69, 9.17) is 0 Å². The number of carbonyl (C=O) groups is 1. The van der Waals surface area contributed by atoms with Crippen molar-refractivity contribution in [3.05, 3.63) is 0 Å². The van der Waals surface area contributed by atoms with Crippen molar-refractivity contribution in [1.29, 1.82) is 0 Å². The summed E-state index contributed by atoms with van der Waals surface area (Å²) in [6.07, 6.45) is 4.65. The van der Waals surface area contributed by atoms with Crippen LogP contribution in [0.15, 0.2) is 0 Å². The fraction of sp³-hybridized carbons (Fsp3) is 0.909. The zero-order valence-electron chi connectivity index (χ0n) is 9.79. The summed E-state index contributed by atoms with van der Waals surface area (Å²) in [6.45, 7) is 3.73. The molecule has 0 aliphatic heterocycles. The fourth-order valence-corrected chi connectivity index (χ4v) is 2.20. The highest BCUT2D eigenvalue weighted by Gasteiger charge is 2.08. The van der Waals surface area contributed by atoms with E-state index in [-0.39, 0.29) is 17.3 Å². The first-order chi connectivity index (χ1) is 7.02. The van der Waals surface area contributed by atoms with Gasteiger partial charge in [-0.25, -0.2) is 8.42 Å². The molecule has 0 amide bonds.